The third-order valence-electron chi connectivity index (χ3n) is 6.69. The summed E-state index contributed by atoms with van der Waals surface area (Å²) in [5.74, 6) is 0.595. The number of benzene rings is 2. The van der Waals surface area contributed by atoms with Gasteiger partial charge < -0.3 is 14.2 Å². The second-order valence-electron chi connectivity index (χ2n) is 9.88. The average Bonchev–Trinajstić information content (AvgIpc) is 2.91. The molecule has 7 heteroatoms. The van der Waals surface area contributed by atoms with Crippen LogP contribution in [0, 0.1) is 5.92 Å². The highest BCUT2D eigenvalue weighted by atomic mass is 35.5. The molecule has 0 unspecified atom stereocenters. The first-order chi connectivity index (χ1) is 17.8. The van der Waals surface area contributed by atoms with Crippen LogP contribution in [-0.2, 0) is 16.0 Å². The highest BCUT2D eigenvalue weighted by Crippen LogP contribution is 2.30. The molecule has 0 N–H and O–H groups in total. The molecule has 2 atom stereocenters. The summed E-state index contributed by atoms with van der Waals surface area (Å²) in [5, 5.41) is -0.0918. The zero-order valence-corrected chi connectivity index (χ0v) is 22.6. The number of aryl methyl sites for hydroxylation is 1. The average molecular weight is 533 g/mol. The number of carbonyl (C=O) groups excluding carboxylic acids is 2. The second kappa shape index (κ2) is 15.0. The van der Waals surface area contributed by atoms with Crippen molar-refractivity contribution < 1.29 is 28.2 Å². The molecule has 0 saturated heterocycles. The number of ether oxygens (including phenoxy) is 3. The van der Waals surface area contributed by atoms with E-state index in [2.05, 4.69) is 0 Å². The van der Waals surface area contributed by atoms with Gasteiger partial charge in [-0.05, 0) is 99.7 Å². The van der Waals surface area contributed by atoms with Crippen LogP contribution < -0.4 is 9.47 Å². The Kier molecular flexibility index (Phi) is 11.7. The normalized spacial score (nSPS) is 19.0. The minimum Gasteiger partial charge on any atom is -0.492 e. The lowest BCUT2D eigenvalue weighted by molar-refractivity contribution is -0.157. The molecule has 2 aromatic rings. The van der Waals surface area contributed by atoms with Gasteiger partial charge in [0, 0.05) is 0 Å². The molecule has 0 bridgehead atoms. The molecule has 5 nitrogen and oxygen atoms in total. The Hall–Kier alpha value is -2.60. The van der Waals surface area contributed by atoms with E-state index in [4.69, 9.17) is 25.8 Å². The van der Waals surface area contributed by atoms with E-state index in [1.807, 2.05) is 38.1 Å². The van der Waals surface area contributed by atoms with Crippen molar-refractivity contribution in [1.29, 1.82) is 0 Å². The van der Waals surface area contributed by atoms with E-state index in [0.717, 1.165) is 44.9 Å². The van der Waals surface area contributed by atoms with Gasteiger partial charge in [-0.2, -0.15) is 0 Å². The van der Waals surface area contributed by atoms with Gasteiger partial charge >= 0.3 is 11.9 Å². The molecule has 0 radical (unpaired) electrons. The maximum atomic E-state index is 13.9. The van der Waals surface area contributed by atoms with Crippen molar-refractivity contribution in [2.75, 3.05) is 6.61 Å². The van der Waals surface area contributed by atoms with Crippen LogP contribution >= 0.6 is 11.6 Å². The van der Waals surface area contributed by atoms with Crippen molar-refractivity contribution in [1.82, 2.24) is 0 Å². The van der Waals surface area contributed by atoms with Gasteiger partial charge in [0.2, 0.25) is 0 Å². The molecule has 3 rings (SSSR count). The Morgan fingerprint density at radius 2 is 1.65 bits per heavy atom. The van der Waals surface area contributed by atoms with Gasteiger partial charge in [0.15, 0.2) is 6.17 Å². The van der Waals surface area contributed by atoms with Crippen molar-refractivity contribution in [3.05, 3.63) is 59.7 Å². The predicted molar refractivity (Wildman–Crippen MR) is 143 cm³/mol. The predicted octanol–water partition coefficient (Wildman–Crippen LogP) is 7.47. The third-order valence-corrected chi connectivity index (χ3v) is 6.81. The highest BCUT2D eigenvalue weighted by Gasteiger charge is 2.27. The van der Waals surface area contributed by atoms with E-state index >= 15 is 0 Å². The van der Waals surface area contributed by atoms with Gasteiger partial charge in [-0.25, -0.2) is 14.0 Å². The third kappa shape index (κ3) is 9.99. The van der Waals surface area contributed by atoms with E-state index in [9.17, 15) is 14.0 Å². The zero-order valence-electron chi connectivity index (χ0n) is 21.8. The Morgan fingerprint density at radius 1 is 1.00 bits per heavy atom. The summed E-state index contributed by atoms with van der Waals surface area (Å²) >= 11 is 5.89. The first kappa shape index (κ1) is 29.0. The highest BCUT2D eigenvalue weighted by molar-refractivity contribution is 6.20. The van der Waals surface area contributed by atoms with E-state index in [1.54, 1.807) is 24.3 Å². The van der Waals surface area contributed by atoms with Crippen LogP contribution in [0.5, 0.6) is 11.5 Å². The molecule has 0 spiro atoms. The second-order valence-corrected chi connectivity index (χ2v) is 10.6. The summed E-state index contributed by atoms with van der Waals surface area (Å²) < 4.78 is 30.3. The number of hydrogen-bond donors (Lipinski definition) is 0. The summed E-state index contributed by atoms with van der Waals surface area (Å²) in [6.45, 7) is 4.23. The Bertz CT molecular complexity index is 968. The number of halogens is 2. The lowest BCUT2D eigenvalue weighted by Crippen LogP contribution is -2.29. The molecule has 2 aromatic carbocycles. The van der Waals surface area contributed by atoms with Crippen LogP contribution in [0.25, 0.3) is 0 Å². The molecule has 0 amide bonds. The Labute approximate surface area is 224 Å². The number of hydrogen-bond acceptors (Lipinski definition) is 5. The van der Waals surface area contributed by atoms with E-state index in [-0.39, 0.29) is 17.9 Å². The largest absolute Gasteiger partial charge is 0.492 e. The van der Waals surface area contributed by atoms with Gasteiger partial charge in [0.05, 0.1) is 10.9 Å². The van der Waals surface area contributed by atoms with Crippen molar-refractivity contribution in [3.63, 3.8) is 0 Å². The van der Waals surface area contributed by atoms with E-state index in [0.29, 0.717) is 36.0 Å². The summed E-state index contributed by atoms with van der Waals surface area (Å²) in [5.41, 5.74) is 1.62. The van der Waals surface area contributed by atoms with Gasteiger partial charge in [0.1, 0.15) is 24.2 Å². The molecule has 1 aliphatic rings. The van der Waals surface area contributed by atoms with E-state index in [1.165, 1.54) is 5.56 Å². The number of carbonyl (C=O) groups is 2. The van der Waals surface area contributed by atoms with Crippen molar-refractivity contribution in [2.45, 2.75) is 89.3 Å². The van der Waals surface area contributed by atoms with Crippen molar-refractivity contribution in [2.24, 2.45) is 5.92 Å². The lowest BCUT2D eigenvalue weighted by atomic mass is 9.83. The zero-order chi connectivity index (χ0) is 26.6. The number of rotatable bonds is 13. The summed E-state index contributed by atoms with van der Waals surface area (Å²) in [7, 11) is 0. The van der Waals surface area contributed by atoms with Gasteiger partial charge in [0.25, 0.3) is 0 Å². The number of alkyl halides is 2. The summed E-state index contributed by atoms with van der Waals surface area (Å²) in [6, 6.07) is 14.4. The maximum absolute atomic E-state index is 13.9. The SMILES string of the molecule is CCCC[C@@H](F)C(=O)O[C@H]1CC[C@H](CCc2ccc(OC(=O)c3ccc(OC[C@H](C)Cl)cc3)cc2)CC1. The van der Waals surface area contributed by atoms with Gasteiger partial charge in [-0.15, -0.1) is 11.6 Å². The minimum atomic E-state index is -1.50. The fourth-order valence-corrected chi connectivity index (χ4v) is 4.50. The van der Waals surface area contributed by atoms with Crippen LogP contribution in [-0.4, -0.2) is 36.2 Å². The fourth-order valence-electron chi connectivity index (χ4n) is 4.44. The van der Waals surface area contributed by atoms with Crippen molar-refractivity contribution >= 4 is 23.5 Å². The van der Waals surface area contributed by atoms with Crippen LogP contribution in [0.1, 0.15) is 81.1 Å². The van der Waals surface area contributed by atoms with Gasteiger partial charge in [-0.1, -0.05) is 31.9 Å². The van der Waals surface area contributed by atoms with Crippen LogP contribution in [0.3, 0.4) is 0 Å². The Balaban J connectivity index is 1.37. The summed E-state index contributed by atoms with van der Waals surface area (Å²) in [6.07, 6.45) is 5.69. The molecular formula is C30H38ClFO5. The lowest BCUT2D eigenvalue weighted by Gasteiger charge is -2.28. The number of unbranched alkanes of at least 4 members (excludes halogenated alkanes) is 1. The summed E-state index contributed by atoms with van der Waals surface area (Å²) in [4.78, 5) is 24.4. The molecule has 1 saturated carbocycles. The monoisotopic (exact) mass is 532 g/mol. The van der Waals surface area contributed by atoms with Gasteiger partial charge in [-0.3, -0.25) is 0 Å². The fraction of sp³-hybridized carbons (Fsp3) is 0.533. The molecule has 0 aliphatic heterocycles. The maximum Gasteiger partial charge on any atom is 0.343 e. The molecule has 0 aromatic heterocycles. The molecule has 0 heterocycles. The molecule has 37 heavy (non-hydrogen) atoms. The van der Waals surface area contributed by atoms with Crippen LogP contribution in [0.15, 0.2) is 48.5 Å². The minimum absolute atomic E-state index is 0.0918. The smallest absolute Gasteiger partial charge is 0.343 e. The van der Waals surface area contributed by atoms with Crippen molar-refractivity contribution in [3.8, 4) is 11.5 Å². The van der Waals surface area contributed by atoms with Crippen LogP contribution in [0.2, 0.25) is 0 Å². The molecular weight excluding hydrogens is 495 g/mol. The first-order valence-corrected chi connectivity index (χ1v) is 13.8. The number of esters is 2. The molecule has 1 aliphatic carbocycles. The molecule has 202 valence electrons. The molecule has 1 fully saturated rings. The quantitative estimate of drug-likeness (QED) is 0.152. The Morgan fingerprint density at radius 3 is 2.27 bits per heavy atom. The van der Waals surface area contributed by atoms with Crippen LogP contribution in [0.4, 0.5) is 4.39 Å². The topological polar surface area (TPSA) is 61.8 Å². The first-order valence-electron chi connectivity index (χ1n) is 13.4. The van der Waals surface area contributed by atoms with E-state index < -0.39 is 18.1 Å². The standard InChI is InChI=1S/C30H38ClFO5/c1-3-4-5-28(32)30(34)37-27-16-10-23(11-17-27)7-6-22-8-14-26(15-9-22)36-29(33)24-12-18-25(19-13-24)35-20-21(2)31/h8-9,12-15,18-19,21,23,27-28H,3-7,10-11,16-17,20H2,1-2H3/t21-,23-,27-,28+/m0/s1.